The number of anilines is 2. The molecule has 2 unspecified atom stereocenters. The predicted molar refractivity (Wildman–Crippen MR) is 110 cm³/mol. The maximum absolute atomic E-state index is 12.9. The molecule has 1 N–H and O–H groups in total. The molecule has 9 nitrogen and oxygen atoms in total. The molecule has 0 saturated carbocycles. The Kier molecular flexibility index (Phi) is 5.31. The van der Waals surface area contributed by atoms with E-state index in [1.165, 1.54) is 24.3 Å². The van der Waals surface area contributed by atoms with Gasteiger partial charge in [-0.3, -0.25) is 19.4 Å². The molecule has 0 spiro atoms. The van der Waals surface area contributed by atoms with Crippen molar-refractivity contribution in [3.05, 3.63) is 52.5 Å². The lowest BCUT2D eigenvalue weighted by Gasteiger charge is -2.20. The molecule has 4 rings (SSSR count). The van der Waals surface area contributed by atoms with Gasteiger partial charge in [0.05, 0.1) is 17.8 Å². The number of fused-ring (bicyclic) bond motifs is 1. The number of methoxy groups -OCH3 is 1. The highest BCUT2D eigenvalue weighted by Gasteiger charge is 2.55. The van der Waals surface area contributed by atoms with E-state index in [2.05, 4.69) is 15.7 Å². The molecule has 0 radical (unpaired) electrons. The number of hydrogen-bond donors (Lipinski definition) is 1. The Hall–Kier alpha value is -3.17. The third-order valence-electron chi connectivity index (χ3n) is 4.67. The van der Waals surface area contributed by atoms with Gasteiger partial charge < -0.3 is 10.1 Å². The molecule has 1 fully saturated rings. The zero-order valence-corrected chi connectivity index (χ0v) is 17.1. The first-order valence-corrected chi connectivity index (χ1v) is 9.59. The zero-order valence-electron chi connectivity index (χ0n) is 15.6. The van der Waals surface area contributed by atoms with Crippen molar-refractivity contribution in [3.8, 4) is 5.75 Å². The van der Waals surface area contributed by atoms with Crippen LogP contribution in [0.2, 0.25) is 10.0 Å². The highest BCUT2D eigenvalue weighted by atomic mass is 35.5. The molecule has 2 heterocycles. The van der Waals surface area contributed by atoms with Crippen LogP contribution in [0, 0.1) is 0 Å². The van der Waals surface area contributed by atoms with Gasteiger partial charge in [0.15, 0.2) is 12.1 Å². The Morgan fingerprint density at radius 1 is 1.17 bits per heavy atom. The van der Waals surface area contributed by atoms with Crippen LogP contribution in [-0.4, -0.2) is 48.5 Å². The molecule has 0 bridgehead atoms. The number of nitrogens with zero attached hydrogens (tertiary/aromatic N) is 4. The van der Waals surface area contributed by atoms with Crippen molar-refractivity contribution in [1.82, 2.24) is 5.01 Å². The van der Waals surface area contributed by atoms with Crippen molar-refractivity contribution in [2.75, 3.05) is 23.9 Å². The first-order chi connectivity index (χ1) is 14.4. The average molecular weight is 448 g/mol. The van der Waals surface area contributed by atoms with Crippen LogP contribution in [0.4, 0.5) is 11.4 Å². The molecule has 2 aliphatic heterocycles. The number of amides is 3. The molecule has 2 aliphatic rings. The van der Waals surface area contributed by atoms with Crippen molar-refractivity contribution in [2.24, 2.45) is 10.3 Å². The fourth-order valence-corrected chi connectivity index (χ4v) is 3.76. The average Bonchev–Trinajstić information content (AvgIpc) is 3.21. The molecule has 154 valence electrons. The summed E-state index contributed by atoms with van der Waals surface area (Å²) < 4.78 is 5.07. The lowest BCUT2D eigenvalue weighted by atomic mass is 10.1. The third kappa shape index (κ3) is 3.57. The second-order valence-corrected chi connectivity index (χ2v) is 7.43. The van der Waals surface area contributed by atoms with Crippen LogP contribution in [0.3, 0.4) is 0 Å². The van der Waals surface area contributed by atoms with Crippen LogP contribution in [0.15, 0.2) is 52.8 Å². The summed E-state index contributed by atoms with van der Waals surface area (Å²) >= 11 is 12.0. The molecule has 30 heavy (non-hydrogen) atoms. The summed E-state index contributed by atoms with van der Waals surface area (Å²) in [5.74, 6) is -1.00. The summed E-state index contributed by atoms with van der Waals surface area (Å²) in [5.41, 5.74) is 0.798. The molecule has 3 amide bonds. The Morgan fingerprint density at radius 2 is 1.97 bits per heavy atom. The van der Waals surface area contributed by atoms with Gasteiger partial charge in [0.25, 0.3) is 11.8 Å². The van der Waals surface area contributed by atoms with Crippen LogP contribution in [0.5, 0.6) is 5.75 Å². The Bertz CT molecular complexity index is 1080. The van der Waals surface area contributed by atoms with Crippen molar-refractivity contribution in [2.45, 2.75) is 12.1 Å². The minimum atomic E-state index is -1.00. The minimum absolute atomic E-state index is 0.267. The molecule has 0 aliphatic carbocycles. The summed E-state index contributed by atoms with van der Waals surface area (Å²) in [6.07, 6.45) is 0. The van der Waals surface area contributed by atoms with Gasteiger partial charge in [-0.25, -0.2) is 4.90 Å². The number of nitrogens with one attached hydrogen (secondary N) is 1. The van der Waals surface area contributed by atoms with E-state index in [0.717, 1.165) is 4.90 Å². The van der Waals surface area contributed by atoms with Gasteiger partial charge in [-0.1, -0.05) is 34.5 Å². The summed E-state index contributed by atoms with van der Waals surface area (Å²) in [4.78, 5) is 39.1. The first kappa shape index (κ1) is 20.1. The van der Waals surface area contributed by atoms with Crippen molar-refractivity contribution >= 4 is 52.3 Å². The minimum Gasteiger partial charge on any atom is -0.495 e. The number of carbonyl (C=O) groups excluding carboxylic acids is 3. The lowest BCUT2D eigenvalue weighted by molar-refractivity contribution is -0.123. The second kappa shape index (κ2) is 7.92. The number of hydrogen-bond acceptors (Lipinski definition) is 7. The predicted octanol–water partition coefficient (Wildman–Crippen LogP) is 2.93. The zero-order chi connectivity index (χ0) is 21.4. The van der Waals surface area contributed by atoms with Crippen LogP contribution < -0.4 is 15.0 Å². The van der Waals surface area contributed by atoms with Crippen molar-refractivity contribution in [1.29, 1.82) is 0 Å². The molecule has 2 atom stereocenters. The van der Waals surface area contributed by atoms with Crippen LogP contribution in [0.1, 0.15) is 0 Å². The van der Waals surface area contributed by atoms with Crippen LogP contribution in [-0.2, 0) is 14.4 Å². The molecule has 2 aromatic carbocycles. The monoisotopic (exact) mass is 447 g/mol. The number of imide groups is 1. The quantitative estimate of drug-likeness (QED) is 0.709. The maximum atomic E-state index is 12.9. The van der Waals surface area contributed by atoms with E-state index in [0.29, 0.717) is 27.2 Å². The van der Waals surface area contributed by atoms with Gasteiger partial charge in [-0.2, -0.15) is 5.11 Å². The number of rotatable bonds is 5. The van der Waals surface area contributed by atoms with Gasteiger partial charge in [0, 0.05) is 10.7 Å². The molecular weight excluding hydrogens is 433 g/mol. The standard InChI is InChI=1S/C19H15Cl2N5O4/c1-30-14-6-5-11(8-13(14)21)22-15(27)9-25-17-16(23-24-25)18(28)26(19(17)29)12-4-2-3-10(20)7-12/h2-8,16-17H,9H2,1H3,(H,22,27). The highest BCUT2D eigenvalue weighted by Crippen LogP contribution is 2.33. The van der Waals surface area contributed by atoms with Crippen molar-refractivity contribution < 1.29 is 19.1 Å². The van der Waals surface area contributed by atoms with E-state index in [9.17, 15) is 14.4 Å². The summed E-state index contributed by atoms with van der Waals surface area (Å²) in [5, 5.41) is 12.3. The van der Waals surface area contributed by atoms with Gasteiger partial charge >= 0.3 is 0 Å². The second-order valence-electron chi connectivity index (χ2n) is 6.58. The normalized spacial score (nSPS) is 20.0. The number of ether oxygens (including phenoxy) is 1. The van der Waals surface area contributed by atoms with Gasteiger partial charge in [0.2, 0.25) is 5.91 Å². The summed E-state index contributed by atoms with van der Waals surface area (Å²) in [6.45, 7) is -0.267. The summed E-state index contributed by atoms with van der Waals surface area (Å²) in [6, 6.07) is 9.19. The van der Waals surface area contributed by atoms with E-state index >= 15 is 0 Å². The lowest BCUT2D eigenvalue weighted by Crippen LogP contribution is -2.43. The molecular formula is C19H15Cl2N5O4. The Balaban J connectivity index is 1.47. The smallest absolute Gasteiger partial charge is 0.263 e. The third-order valence-corrected chi connectivity index (χ3v) is 5.20. The van der Waals surface area contributed by atoms with E-state index in [1.807, 2.05) is 0 Å². The SMILES string of the molecule is COc1ccc(NC(=O)CN2N=NC3C(=O)N(c4cccc(Cl)c4)C(=O)C32)cc1Cl. The highest BCUT2D eigenvalue weighted by molar-refractivity contribution is 6.32. The van der Waals surface area contributed by atoms with E-state index in [1.54, 1.807) is 30.3 Å². The van der Waals surface area contributed by atoms with Gasteiger partial charge in [0.1, 0.15) is 12.3 Å². The number of carbonyl (C=O) groups is 3. The van der Waals surface area contributed by atoms with Gasteiger partial charge in [-0.15, -0.1) is 0 Å². The molecule has 0 aromatic heterocycles. The molecule has 11 heteroatoms. The summed E-state index contributed by atoms with van der Waals surface area (Å²) in [7, 11) is 1.49. The fraction of sp³-hybridized carbons (Fsp3) is 0.211. The van der Waals surface area contributed by atoms with Crippen LogP contribution in [0.25, 0.3) is 0 Å². The fourth-order valence-electron chi connectivity index (χ4n) is 3.32. The Labute approximate surface area is 181 Å². The van der Waals surface area contributed by atoms with Crippen LogP contribution >= 0.6 is 23.2 Å². The maximum Gasteiger partial charge on any atom is 0.263 e. The molecule has 2 aromatic rings. The molecule has 1 saturated heterocycles. The topological polar surface area (TPSA) is 104 Å². The van der Waals surface area contributed by atoms with Gasteiger partial charge in [-0.05, 0) is 36.4 Å². The van der Waals surface area contributed by atoms with E-state index < -0.39 is 29.8 Å². The van der Waals surface area contributed by atoms with E-state index in [4.69, 9.17) is 27.9 Å². The first-order valence-electron chi connectivity index (χ1n) is 8.83. The largest absolute Gasteiger partial charge is 0.495 e. The van der Waals surface area contributed by atoms with E-state index in [-0.39, 0.29) is 6.54 Å². The number of halogens is 2. The number of benzene rings is 2. The van der Waals surface area contributed by atoms with Crippen molar-refractivity contribution in [3.63, 3.8) is 0 Å². The Morgan fingerprint density at radius 3 is 2.67 bits per heavy atom.